The SMILES string of the molecule is CCC1CC[NH+](Cc2cnc(C(O)(c3ccccc3)c3ccccc3)o2)CC1COc1ccc(F)cc1. The van der Waals surface area contributed by atoms with E-state index in [9.17, 15) is 9.50 Å². The molecule has 5 rings (SSSR count). The van der Waals surface area contributed by atoms with Crippen molar-refractivity contribution in [3.05, 3.63) is 120 Å². The van der Waals surface area contributed by atoms with E-state index in [0.29, 0.717) is 41.9 Å². The number of aliphatic hydroxyl groups is 1. The highest BCUT2D eigenvalue weighted by Crippen LogP contribution is 2.36. The molecule has 0 amide bonds. The fraction of sp³-hybridized carbons (Fsp3) is 0.323. The fourth-order valence-electron chi connectivity index (χ4n) is 5.47. The van der Waals surface area contributed by atoms with Crippen LogP contribution >= 0.6 is 0 Å². The van der Waals surface area contributed by atoms with Crippen LogP contribution in [0.25, 0.3) is 0 Å². The van der Waals surface area contributed by atoms with Crippen LogP contribution < -0.4 is 9.64 Å². The van der Waals surface area contributed by atoms with Crippen LogP contribution in [0.15, 0.2) is 95.5 Å². The standard InChI is InChI=1S/C31H33FN2O3/c1-2-23-17-18-34(20-24(23)22-36-28-15-13-27(32)14-16-28)21-29-19-33-30(37-29)31(35,25-9-5-3-6-10-25)26-11-7-4-8-12-26/h3-16,19,23-24,35H,2,17-18,20-22H2,1H3/p+1. The molecule has 5 nitrogen and oxygen atoms in total. The van der Waals surface area contributed by atoms with Gasteiger partial charge in [-0.1, -0.05) is 74.0 Å². The fourth-order valence-corrected chi connectivity index (χ4v) is 5.47. The Bertz CT molecular complexity index is 1220. The molecule has 6 heteroatoms. The number of piperidine rings is 1. The molecule has 3 atom stereocenters. The average molecular weight is 502 g/mol. The predicted octanol–water partition coefficient (Wildman–Crippen LogP) is 4.61. The summed E-state index contributed by atoms with van der Waals surface area (Å²) in [5.41, 5.74) is -0.0518. The van der Waals surface area contributed by atoms with Gasteiger partial charge in [0.25, 0.3) is 0 Å². The Labute approximate surface area is 217 Å². The normalized spacial score (nSPS) is 20.0. The molecule has 4 aromatic rings. The molecule has 1 aliphatic rings. The number of nitrogens with one attached hydrogen (secondary N) is 1. The molecule has 1 aromatic heterocycles. The summed E-state index contributed by atoms with van der Waals surface area (Å²) < 4.78 is 25.5. The summed E-state index contributed by atoms with van der Waals surface area (Å²) in [7, 11) is 0. The van der Waals surface area contributed by atoms with Gasteiger partial charge in [-0.3, -0.25) is 0 Å². The largest absolute Gasteiger partial charge is 0.493 e. The Kier molecular flexibility index (Phi) is 7.68. The highest BCUT2D eigenvalue weighted by atomic mass is 19.1. The van der Waals surface area contributed by atoms with Crippen molar-refractivity contribution in [2.24, 2.45) is 11.8 Å². The lowest BCUT2D eigenvalue weighted by molar-refractivity contribution is -0.924. The molecule has 0 aliphatic carbocycles. The molecule has 3 aromatic carbocycles. The molecular formula is C31H34FN2O3+. The number of hydrogen-bond donors (Lipinski definition) is 2. The number of likely N-dealkylation sites (tertiary alicyclic amines) is 1. The Hall–Kier alpha value is -3.48. The quantitative estimate of drug-likeness (QED) is 0.352. The summed E-state index contributed by atoms with van der Waals surface area (Å²) in [6, 6.07) is 25.3. The Balaban J connectivity index is 1.31. The lowest BCUT2D eigenvalue weighted by Crippen LogP contribution is -3.12. The second-order valence-electron chi connectivity index (χ2n) is 9.94. The first-order valence-corrected chi connectivity index (χ1v) is 13.1. The summed E-state index contributed by atoms with van der Waals surface area (Å²) in [4.78, 5) is 5.96. The summed E-state index contributed by atoms with van der Waals surface area (Å²) >= 11 is 0. The first kappa shape index (κ1) is 25.2. The van der Waals surface area contributed by atoms with Crippen LogP contribution in [-0.2, 0) is 12.1 Å². The van der Waals surface area contributed by atoms with Gasteiger partial charge in [-0.25, -0.2) is 9.37 Å². The summed E-state index contributed by atoms with van der Waals surface area (Å²) in [5.74, 6) is 2.46. The zero-order valence-electron chi connectivity index (χ0n) is 21.1. The Morgan fingerprint density at radius 2 is 1.62 bits per heavy atom. The van der Waals surface area contributed by atoms with Crippen LogP contribution in [0.5, 0.6) is 5.75 Å². The second-order valence-corrected chi connectivity index (χ2v) is 9.94. The van der Waals surface area contributed by atoms with E-state index < -0.39 is 5.60 Å². The Morgan fingerprint density at radius 1 is 0.973 bits per heavy atom. The molecule has 3 unspecified atom stereocenters. The van der Waals surface area contributed by atoms with Gasteiger partial charge in [-0.2, -0.15) is 0 Å². The van der Waals surface area contributed by atoms with Crippen LogP contribution in [0, 0.1) is 17.7 Å². The van der Waals surface area contributed by atoms with Gasteiger partial charge in [0.15, 0.2) is 11.4 Å². The number of ether oxygens (including phenoxy) is 1. The smallest absolute Gasteiger partial charge is 0.236 e. The molecule has 0 radical (unpaired) electrons. The molecule has 0 spiro atoms. The number of oxazole rings is 1. The van der Waals surface area contributed by atoms with Crippen LogP contribution in [0.1, 0.15) is 42.5 Å². The summed E-state index contributed by atoms with van der Waals surface area (Å²) in [6.07, 6.45) is 3.97. The third-order valence-electron chi connectivity index (χ3n) is 7.56. The topological polar surface area (TPSA) is 59.9 Å². The highest BCUT2D eigenvalue weighted by Gasteiger charge is 2.39. The molecule has 1 fully saturated rings. The van der Waals surface area contributed by atoms with E-state index >= 15 is 0 Å². The molecule has 37 heavy (non-hydrogen) atoms. The van der Waals surface area contributed by atoms with E-state index in [1.54, 1.807) is 18.3 Å². The van der Waals surface area contributed by atoms with Crippen molar-refractivity contribution in [2.45, 2.75) is 31.9 Å². The lowest BCUT2D eigenvalue weighted by Gasteiger charge is -2.35. The first-order valence-electron chi connectivity index (χ1n) is 13.1. The average Bonchev–Trinajstić information content (AvgIpc) is 3.42. The van der Waals surface area contributed by atoms with Crippen LogP contribution in [0.4, 0.5) is 4.39 Å². The predicted molar refractivity (Wildman–Crippen MR) is 140 cm³/mol. The van der Waals surface area contributed by atoms with Crippen molar-refractivity contribution in [1.82, 2.24) is 4.98 Å². The van der Waals surface area contributed by atoms with Gasteiger partial charge in [-0.05, 0) is 47.7 Å². The summed E-state index contributed by atoms with van der Waals surface area (Å²) in [6.45, 7) is 5.53. The van der Waals surface area contributed by atoms with E-state index in [0.717, 1.165) is 31.7 Å². The zero-order valence-corrected chi connectivity index (χ0v) is 21.1. The summed E-state index contributed by atoms with van der Waals surface area (Å²) in [5, 5.41) is 11.9. The minimum atomic E-state index is -1.48. The molecule has 2 N–H and O–H groups in total. The van der Waals surface area contributed by atoms with E-state index in [2.05, 4.69) is 11.9 Å². The van der Waals surface area contributed by atoms with E-state index in [1.165, 1.54) is 17.0 Å². The Morgan fingerprint density at radius 3 is 2.24 bits per heavy atom. The molecule has 1 saturated heterocycles. The highest BCUT2D eigenvalue weighted by molar-refractivity contribution is 5.41. The van der Waals surface area contributed by atoms with Crippen molar-refractivity contribution < 1.29 is 23.6 Å². The molecule has 0 saturated carbocycles. The van der Waals surface area contributed by atoms with Crippen molar-refractivity contribution in [2.75, 3.05) is 19.7 Å². The molecule has 1 aliphatic heterocycles. The maximum Gasteiger partial charge on any atom is 0.236 e. The number of benzene rings is 3. The van der Waals surface area contributed by atoms with Crippen LogP contribution in [-0.4, -0.2) is 29.8 Å². The number of hydrogen-bond acceptors (Lipinski definition) is 4. The number of nitrogens with zero attached hydrogens (tertiary/aromatic N) is 1. The van der Waals surface area contributed by atoms with Crippen molar-refractivity contribution in [3.63, 3.8) is 0 Å². The zero-order chi connectivity index (χ0) is 25.7. The number of rotatable bonds is 9. The van der Waals surface area contributed by atoms with Gasteiger partial charge in [0.05, 0.1) is 25.9 Å². The third kappa shape index (κ3) is 5.60. The monoisotopic (exact) mass is 501 g/mol. The van der Waals surface area contributed by atoms with E-state index in [4.69, 9.17) is 9.15 Å². The molecule has 2 heterocycles. The molecule has 0 bridgehead atoms. The number of quaternary nitrogens is 1. The van der Waals surface area contributed by atoms with Gasteiger partial charge >= 0.3 is 0 Å². The minimum Gasteiger partial charge on any atom is -0.493 e. The van der Waals surface area contributed by atoms with Gasteiger partial charge in [0, 0.05) is 5.92 Å². The number of aromatic nitrogens is 1. The van der Waals surface area contributed by atoms with E-state index in [-0.39, 0.29) is 11.7 Å². The second kappa shape index (κ2) is 11.3. The van der Waals surface area contributed by atoms with Crippen molar-refractivity contribution in [3.8, 4) is 5.75 Å². The van der Waals surface area contributed by atoms with Gasteiger partial charge < -0.3 is 19.2 Å². The molecule has 192 valence electrons. The maximum absolute atomic E-state index is 13.2. The van der Waals surface area contributed by atoms with Gasteiger partial charge in [-0.15, -0.1) is 0 Å². The van der Waals surface area contributed by atoms with Gasteiger partial charge in [0.2, 0.25) is 5.89 Å². The van der Waals surface area contributed by atoms with E-state index in [1.807, 2.05) is 60.7 Å². The first-order chi connectivity index (χ1) is 18.1. The number of halogens is 1. The maximum atomic E-state index is 13.2. The van der Waals surface area contributed by atoms with Crippen LogP contribution in [0.2, 0.25) is 0 Å². The van der Waals surface area contributed by atoms with Crippen LogP contribution in [0.3, 0.4) is 0 Å². The molecular weight excluding hydrogens is 467 g/mol. The van der Waals surface area contributed by atoms with Crippen molar-refractivity contribution >= 4 is 0 Å². The minimum absolute atomic E-state index is 0.259. The lowest BCUT2D eigenvalue weighted by atomic mass is 9.84. The van der Waals surface area contributed by atoms with Gasteiger partial charge in [0.1, 0.15) is 18.1 Å². The third-order valence-corrected chi connectivity index (χ3v) is 7.56. The van der Waals surface area contributed by atoms with Crippen molar-refractivity contribution in [1.29, 1.82) is 0 Å².